The highest BCUT2D eigenvalue weighted by molar-refractivity contribution is 5.17. The number of furan rings is 1. The highest BCUT2D eigenvalue weighted by Gasteiger charge is 2.33. The molecule has 1 aromatic rings. The third-order valence-electron chi connectivity index (χ3n) is 3.97. The molecule has 0 amide bonds. The molecule has 0 aromatic carbocycles. The number of hydrogen-bond donors (Lipinski definition) is 1. The Hall–Kier alpha value is -0.880. The Morgan fingerprint density at radius 1 is 1.29 bits per heavy atom. The summed E-state index contributed by atoms with van der Waals surface area (Å²) in [6.07, 6.45) is 2.09. The molecule has 1 N–H and O–H groups in total. The second-order valence-corrected chi connectivity index (χ2v) is 6.14. The van der Waals surface area contributed by atoms with Gasteiger partial charge in [0.1, 0.15) is 5.76 Å². The summed E-state index contributed by atoms with van der Waals surface area (Å²) < 4.78 is 16.6. The first-order valence-electron chi connectivity index (χ1n) is 7.68. The second-order valence-electron chi connectivity index (χ2n) is 6.14. The Morgan fingerprint density at radius 3 is 2.52 bits per heavy atom. The minimum atomic E-state index is 0.157. The van der Waals surface area contributed by atoms with E-state index < -0.39 is 0 Å². The van der Waals surface area contributed by atoms with Crippen LogP contribution in [0.3, 0.4) is 0 Å². The van der Waals surface area contributed by atoms with E-state index in [1.165, 1.54) is 5.56 Å². The van der Waals surface area contributed by atoms with Crippen molar-refractivity contribution in [3.05, 3.63) is 23.7 Å². The van der Waals surface area contributed by atoms with Gasteiger partial charge in [-0.15, -0.1) is 0 Å². The maximum atomic E-state index is 5.61. The maximum Gasteiger partial charge on any atom is 0.122 e. The SMILES string of the molecule is COC1CN(Cc2ccoc2CNCC(C)C)CC1OC. The van der Waals surface area contributed by atoms with Crippen LogP contribution in [-0.2, 0) is 22.6 Å². The number of nitrogens with one attached hydrogen (secondary N) is 1. The molecule has 0 bridgehead atoms. The van der Waals surface area contributed by atoms with Gasteiger partial charge in [-0.1, -0.05) is 13.8 Å². The Kier molecular flexibility index (Phi) is 6.23. The van der Waals surface area contributed by atoms with Crippen molar-refractivity contribution in [3.8, 4) is 0 Å². The van der Waals surface area contributed by atoms with Gasteiger partial charge in [0.25, 0.3) is 0 Å². The van der Waals surface area contributed by atoms with Crippen molar-refractivity contribution < 1.29 is 13.9 Å². The quantitative estimate of drug-likeness (QED) is 0.793. The van der Waals surface area contributed by atoms with Crippen molar-refractivity contribution >= 4 is 0 Å². The van der Waals surface area contributed by atoms with E-state index in [1.807, 2.05) is 0 Å². The molecule has 1 aromatic heterocycles. The van der Waals surface area contributed by atoms with E-state index in [0.717, 1.165) is 38.5 Å². The fourth-order valence-corrected chi connectivity index (χ4v) is 2.78. The zero-order chi connectivity index (χ0) is 15.2. The minimum absolute atomic E-state index is 0.157. The van der Waals surface area contributed by atoms with Crippen molar-refractivity contribution in [2.75, 3.05) is 33.9 Å². The van der Waals surface area contributed by atoms with Gasteiger partial charge in [-0.3, -0.25) is 4.90 Å². The number of rotatable bonds is 8. The average Bonchev–Trinajstić information content (AvgIpc) is 3.05. The second kappa shape index (κ2) is 7.94. The molecule has 21 heavy (non-hydrogen) atoms. The van der Waals surface area contributed by atoms with Crippen LogP contribution in [0.1, 0.15) is 25.2 Å². The maximum absolute atomic E-state index is 5.61. The predicted molar refractivity (Wildman–Crippen MR) is 82.1 cm³/mol. The van der Waals surface area contributed by atoms with Crippen LogP contribution in [0.2, 0.25) is 0 Å². The molecule has 2 rings (SSSR count). The van der Waals surface area contributed by atoms with Crippen LogP contribution in [0, 0.1) is 5.92 Å². The van der Waals surface area contributed by atoms with Gasteiger partial charge in [0, 0.05) is 39.4 Å². The van der Waals surface area contributed by atoms with E-state index in [4.69, 9.17) is 13.9 Å². The molecule has 0 spiro atoms. The van der Waals surface area contributed by atoms with Crippen LogP contribution in [0.15, 0.2) is 16.7 Å². The van der Waals surface area contributed by atoms with Crippen LogP contribution in [-0.4, -0.2) is 51.0 Å². The fourth-order valence-electron chi connectivity index (χ4n) is 2.78. The van der Waals surface area contributed by atoms with Gasteiger partial charge < -0.3 is 19.2 Å². The zero-order valence-corrected chi connectivity index (χ0v) is 13.6. The summed E-state index contributed by atoms with van der Waals surface area (Å²) in [5, 5.41) is 3.43. The van der Waals surface area contributed by atoms with E-state index in [9.17, 15) is 0 Å². The molecule has 5 nitrogen and oxygen atoms in total. The number of likely N-dealkylation sites (tertiary alicyclic amines) is 1. The van der Waals surface area contributed by atoms with Crippen LogP contribution < -0.4 is 5.32 Å². The molecule has 2 heterocycles. The minimum Gasteiger partial charge on any atom is -0.468 e. The largest absolute Gasteiger partial charge is 0.468 e. The van der Waals surface area contributed by atoms with Crippen LogP contribution in [0.4, 0.5) is 0 Å². The van der Waals surface area contributed by atoms with Crippen LogP contribution in [0.25, 0.3) is 0 Å². The topological polar surface area (TPSA) is 46.9 Å². The van der Waals surface area contributed by atoms with Gasteiger partial charge in [-0.2, -0.15) is 0 Å². The number of hydrogen-bond acceptors (Lipinski definition) is 5. The van der Waals surface area contributed by atoms with Gasteiger partial charge in [-0.05, 0) is 18.5 Å². The Morgan fingerprint density at radius 2 is 1.95 bits per heavy atom. The smallest absolute Gasteiger partial charge is 0.122 e. The fraction of sp³-hybridized carbons (Fsp3) is 0.750. The van der Waals surface area contributed by atoms with Gasteiger partial charge in [0.05, 0.1) is 25.0 Å². The zero-order valence-electron chi connectivity index (χ0n) is 13.6. The van der Waals surface area contributed by atoms with Gasteiger partial charge in [-0.25, -0.2) is 0 Å². The number of ether oxygens (including phenoxy) is 2. The molecule has 0 saturated carbocycles. The van der Waals surface area contributed by atoms with Crippen molar-refractivity contribution in [2.45, 2.75) is 39.1 Å². The van der Waals surface area contributed by atoms with E-state index in [-0.39, 0.29) is 12.2 Å². The molecule has 1 aliphatic heterocycles. The van der Waals surface area contributed by atoms with E-state index in [2.05, 4.69) is 30.1 Å². The molecule has 120 valence electrons. The summed E-state index contributed by atoms with van der Waals surface area (Å²) in [5.74, 6) is 1.68. The first-order valence-corrected chi connectivity index (χ1v) is 7.68. The van der Waals surface area contributed by atoms with Gasteiger partial charge >= 0.3 is 0 Å². The summed E-state index contributed by atoms with van der Waals surface area (Å²) in [7, 11) is 3.50. The summed E-state index contributed by atoms with van der Waals surface area (Å²) >= 11 is 0. The van der Waals surface area contributed by atoms with E-state index in [1.54, 1.807) is 20.5 Å². The van der Waals surface area contributed by atoms with Gasteiger partial charge in [0.2, 0.25) is 0 Å². The van der Waals surface area contributed by atoms with E-state index >= 15 is 0 Å². The van der Waals surface area contributed by atoms with Crippen LogP contribution >= 0.6 is 0 Å². The Labute approximate surface area is 127 Å². The number of nitrogens with zero attached hydrogens (tertiary/aromatic N) is 1. The molecule has 5 heteroatoms. The lowest BCUT2D eigenvalue weighted by Crippen LogP contribution is -2.27. The summed E-state index contributed by atoms with van der Waals surface area (Å²) in [6.45, 7) is 8.89. The lowest BCUT2D eigenvalue weighted by Gasteiger charge is -2.15. The molecular formula is C16H28N2O3. The first-order chi connectivity index (χ1) is 10.1. The summed E-state index contributed by atoms with van der Waals surface area (Å²) in [5.41, 5.74) is 1.25. The highest BCUT2D eigenvalue weighted by atomic mass is 16.5. The predicted octanol–water partition coefficient (Wildman–Crippen LogP) is 1.87. The average molecular weight is 296 g/mol. The van der Waals surface area contributed by atoms with Crippen LogP contribution in [0.5, 0.6) is 0 Å². The molecule has 0 aliphatic carbocycles. The van der Waals surface area contributed by atoms with Crippen molar-refractivity contribution in [1.82, 2.24) is 10.2 Å². The lowest BCUT2D eigenvalue weighted by atomic mass is 10.2. The van der Waals surface area contributed by atoms with Crippen molar-refractivity contribution in [1.29, 1.82) is 0 Å². The lowest BCUT2D eigenvalue weighted by molar-refractivity contribution is -0.00461. The monoisotopic (exact) mass is 296 g/mol. The molecule has 0 radical (unpaired) electrons. The Balaban J connectivity index is 1.87. The first kappa shape index (κ1) is 16.5. The van der Waals surface area contributed by atoms with Crippen molar-refractivity contribution in [3.63, 3.8) is 0 Å². The standard InChI is InChI=1S/C16H28N2O3/c1-12(2)7-17-8-14-13(5-6-21-14)9-18-10-15(19-3)16(11-18)20-4/h5-6,12,15-17H,7-11H2,1-4H3. The van der Waals surface area contributed by atoms with E-state index in [0.29, 0.717) is 5.92 Å². The molecular weight excluding hydrogens is 268 g/mol. The van der Waals surface area contributed by atoms with Gasteiger partial charge in [0.15, 0.2) is 0 Å². The third kappa shape index (κ3) is 4.54. The highest BCUT2D eigenvalue weighted by Crippen LogP contribution is 2.20. The molecule has 1 aliphatic rings. The Bertz CT molecular complexity index is 407. The van der Waals surface area contributed by atoms with Crippen molar-refractivity contribution in [2.24, 2.45) is 5.92 Å². The molecule has 1 saturated heterocycles. The third-order valence-corrected chi connectivity index (χ3v) is 3.97. The number of methoxy groups -OCH3 is 2. The molecule has 2 atom stereocenters. The normalized spacial score (nSPS) is 23.3. The summed E-state index contributed by atoms with van der Waals surface area (Å²) in [4.78, 5) is 2.36. The molecule has 1 fully saturated rings. The molecule has 2 unspecified atom stereocenters. The summed E-state index contributed by atoms with van der Waals surface area (Å²) in [6, 6.07) is 2.06.